The lowest BCUT2D eigenvalue weighted by Crippen LogP contribution is -2.36. The average Bonchev–Trinajstić information content (AvgIpc) is 2.30. The molecule has 0 atom stereocenters. The predicted octanol–water partition coefficient (Wildman–Crippen LogP) is 2.67. The zero-order valence-electron chi connectivity index (χ0n) is 9.33. The molecule has 1 heterocycles. The maximum Gasteiger partial charge on any atom is 0.138 e. The van der Waals surface area contributed by atoms with Crippen LogP contribution in [0.2, 0.25) is 0 Å². The molecular weight excluding hydrogens is 229 g/mol. The van der Waals surface area contributed by atoms with E-state index in [1.807, 2.05) is 18.2 Å². The van der Waals surface area contributed by atoms with Gasteiger partial charge in [-0.15, -0.1) is 12.4 Å². The number of rotatable bonds is 2. The SMILES string of the molecule is COc1cccc(C2(F)CCNCC2)c1.Cl. The Bertz CT molecular complexity index is 340. The summed E-state index contributed by atoms with van der Waals surface area (Å²) in [5.74, 6) is 0.725. The molecule has 2 rings (SSSR count). The Balaban J connectivity index is 0.00000128. The Hall–Kier alpha value is -0.800. The number of methoxy groups -OCH3 is 1. The predicted molar refractivity (Wildman–Crippen MR) is 65.1 cm³/mol. The standard InChI is InChI=1S/C12H16FNO.ClH/c1-15-11-4-2-3-10(9-11)12(13)5-7-14-8-6-12;/h2-4,9,14H,5-8H2,1H3;1H. The Kier molecular flexibility index (Phi) is 4.56. The van der Waals surface area contributed by atoms with Crippen molar-refractivity contribution in [3.05, 3.63) is 29.8 Å². The number of alkyl halides is 1. The van der Waals surface area contributed by atoms with E-state index in [1.165, 1.54) is 0 Å². The topological polar surface area (TPSA) is 21.3 Å². The van der Waals surface area contributed by atoms with Crippen molar-refractivity contribution in [3.63, 3.8) is 0 Å². The summed E-state index contributed by atoms with van der Waals surface area (Å²) >= 11 is 0. The maximum absolute atomic E-state index is 14.5. The van der Waals surface area contributed by atoms with Gasteiger partial charge in [0.2, 0.25) is 0 Å². The van der Waals surface area contributed by atoms with Gasteiger partial charge in [0.05, 0.1) is 7.11 Å². The summed E-state index contributed by atoms with van der Waals surface area (Å²) in [6.45, 7) is 1.49. The van der Waals surface area contributed by atoms with Crippen molar-refractivity contribution in [2.75, 3.05) is 20.2 Å². The van der Waals surface area contributed by atoms with Crippen LogP contribution in [0.15, 0.2) is 24.3 Å². The van der Waals surface area contributed by atoms with E-state index in [0.29, 0.717) is 12.8 Å². The van der Waals surface area contributed by atoms with Gasteiger partial charge in [-0.2, -0.15) is 0 Å². The third kappa shape index (κ3) is 2.66. The second-order valence-corrected chi connectivity index (χ2v) is 3.95. The fourth-order valence-corrected chi connectivity index (χ4v) is 2.01. The monoisotopic (exact) mass is 245 g/mol. The fourth-order valence-electron chi connectivity index (χ4n) is 2.01. The highest BCUT2D eigenvalue weighted by Crippen LogP contribution is 2.36. The van der Waals surface area contributed by atoms with E-state index in [1.54, 1.807) is 13.2 Å². The highest BCUT2D eigenvalue weighted by atomic mass is 35.5. The minimum atomic E-state index is -1.18. The van der Waals surface area contributed by atoms with E-state index in [4.69, 9.17) is 4.74 Å². The number of benzene rings is 1. The van der Waals surface area contributed by atoms with Gasteiger partial charge in [-0.3, -0.25) is 0 Å². The van der Waals surface area contributed by atoms with Crippen molar-refractivity contribution in [1.82, 2.24) is 5.32 Å². The van der Waals surface area contributed by atoms with Crippen LogP contribution in [0.3, 0.4) is 0 Å². The van der Waals surface area contributed by atoms with Crippen LogP contribution in [-0.4, -0.2) is 20.2 Å². The molecule has 1 aliphatic rings. The van der Waals surface area contributed by atoms with Crippen LogP contribution >= 0.6 is 12.4 Å². The van der Waals surface area contributed by atoms with Gasteiger partial charge in [0.15, 0.2) is 0 Å². The molecule has 0 amide bonds. The molecule has 0 radical (unpaired) electrons. The zero-order valence-corrected chi connectivity index (χ0v) is 10.1. The molecular formula is C12H17ClFNO. The van der Waals surface area contributed by atoms with E-state index in [0.717, 1.165) is 24.4 Å². The van der Waals surface area contributed by atoms with Crippen LogP contribution in [0.4, 0.5) is 4.39 Å². The summed E-state index contributed by atoms with van der Waals surface area (Å²) < 4.78 is 19.6. The molecule has 16 heavy (non-hydrogen) atoms. The van der Waals surface area contributed by atoms with Gasteiger partial charge in [0.1, 0.15) is 11.4 Å². The third-order valence-electron chi connectivity index (χ3n) is 2.98. The van der Waals surface area contributed by atoms with E-state index < -0.39 is 5.67 Å². The van der Waals surface area contributed by atoms with E-state index in [9.17, 15) is 4.39 Å². The van der Waals surface area contributed by atoms with E-state index in [-0.39, 0.29) is 12.4 Å². The van der Waals surface area contributed by atoms with Crippen molar-refractivity contribution in [3.8, 4) is 5.75 Å². The summed E-state index contributed by atoms with van der Waals surface area (Å²) in [5.41, 5.74) is -0.442. The highest BCUT2D eigenvalue weighted by molar-refractivity contribution is 5.85. The van der Waals surface area contributed by atoms with Gasteiger partial charge in [0.25, 0.3) is 0 Å². The van der Waals surface area contributed by atoms with Crippen molar-refractivity contribution < 1.29 is 9.13 Å². The van der Waals surface area contributed by atoms with Crippen LogP contribution < -0.4 is 10.1 Å². The van der Waals surface area contributed by atoms with Crippen LogP contribution in [0.5, 0.6) is 5.75 Å². The first-order valence-electron chi connectivity index (χ1n) is 5.29. The Morgan fingerprint density at radius 3 is 2.62 bits per heavy atom. The molecule has 1 aliphatic heterocycles. The quantitative estimate of drug-likeness (QED) is 0.865. The summed E-state index contributed by atoms with van der Waals surface area (Å²) in [6, 6.07) is 7.32. The Morgan fingerprint density at radius 2 is 2.00 bits per heavy atom. The molecule has 0 saturated carbocycles. The molecule has 0 unspecified atom stereocenters. The summed E-state index contributed by atoms with van der Waals surface area (Å²) in [4.78, 5) is 0. The molecule has 4 heteroatoms. The molecule has 1 saturated heterocycles. The number of halogens is 2. The molecule has 0 aliphatic carbocycles. The van der Waals surface area contributed by atoms with Crippen LogP contribution in [0, 0.1) is 0 Å². The zero-order chi connectivity index (χ0) is 10.7. The first kappa shape index (κ1) is 13.3. The number of nitrogens with one attached hydrogen (secondary N) is 1. The Morgan fingerprint density at radius 1 is 1.31 bits per heavy atom. The van der Waals surface area contributed by atoms with Crippen LogP contribution in [0.25, 0.3) is 0 Å². The van der Waals surface area contributed by atoms with E-state index >= 15 is 0 Å². The molecule has 2 nitrogen and oxygen atoms in total. The molecule has 90 valence electrons. The number of ether oxygens (including phenoxy) is 1. The van der Waals surface area contributed by atoms with Crippen molar-refractivity contribution in [2.24, 2.45) is 0 Å². The lowest BCUT2D eigenvalue weighted by Gasteiger charge is -2.30. The van der Waals surface area contributed by atoms with Gasteiger partial charge >= 0.3 is 0 Å². The number of hydrogen-bond donors (Lipinski definition) is 1. The van der Waals surface area contributed by atoms with E-state index in [2.05, 4.69) is 5.32 Å². The number of piperidine rings is 1. The summed E-state index contributed by atoms with van der Waals surface area (Å²) in [6.07, 6.45) is 1.08. The summed E-state index contributed by atoms with van der Waals surface area (Å²) in [7, 11) is 1.60. The molecule has 1 aromatic rings. The van der Waals surface area contributed by atoms with Gasteiger partial charge in [-0.1, -0.05) is 12.1 Å². The highest BCUT2D eigenvalue weighted by Gasteiger charge is 2.33. The molecule has 0 aromatic heterocycles. The van der Waals surface area contributed by atoms with Gasteiger partial charge in [-0.05, 0) is 43.6 Å². The molecule has 1 aromatic carbocycles. The number of hydrogen-bond acceptors (Lipinski definition) is 2. The Labute approximate surface area is 102 Å². The smallest absolute Gasteiger partial charge is 0.138 e. The van der Waals surface area contributed by atoms with Gasteiger partial charge in [0, 0.05) is 0 Å². The van der Waals surface area contributed by atoms with Crippen molar-refractivity contribution in [1.29, 1.82) is 0 Å². The summed E-state index contributed by atoms with van der Waals surface area (Å²) in [5, 5.41) is 3.17. The first-order valence-corrected chi connectivity index (χ1v) is 5.29. The molecule has 0 spiro atoms. The second-order valence-electron chi connectivity index (χ2n) is 3.95. The van der Waals surface area contributed by atoms with Crippen molar-refractivity contribution >= 4 is 12.4 Å². The average molecular weight is 246 g/mol. The normalized spacial score (nSPS) is 18.6. The first-order chi connectivity index (χ1) is 7.24. The van der Waals surface area contributed by atoms with Crippen LogP contribution in [0.1, 0.15) is 18.4 Å². The largest absolute Gasteiger partial charge is 0.497 e. The minimum absolute atomic E-state index is 0. The lowest BCUT2D eigenvalue weighted by atomic mass is 9.87. The minimum Gasteiger partial charge on any atom is -0.497 e. The second kappa shape index (κ2) is 5.51. The van der Waals surface area contributed by atoms with Gasteiger partial charge < -0.3 is 10.1 Å². The molecule has 1 fully saturated rings. The third-order valence-corrected chi connectivity index (χ3v) is 2.98. The fraction of sp³-hybridized carbons (Fsp3) is 0.500. The maximum atomic E-state index is 14.5. The lowest BCUT2D eigenvalue weighted by molar-refractivity contribution is 0.115. The van der Waals surface area contributed by atoms with Crippen molar-refractivity contribution in [2.45, 2.75) is 18.5 Å². The van der Waals surface area contributed by atoms with Crippen LogP contribution in [-0.2, 0) is 5.67 Å². The molecule has 0 bridgehead atoms. The molecule has 1 N–H and O–H groups in total. The van der Waals surface area contributed by atoms with Gasteiger partial charge in [-0.25, -0.2) is 4.39 Å².